The quantitative estimate of drug-likeness (QED) is 0.672. The van der Waals surface area contributed by atoms with E-state index in [4.69, 9.17) is 4.43 Å². The van der Waals surface area contributed by atoms with Crippen LogP contribution in [0.25, 0.3) is 0 Å². The maximum Gasteiger partial charge on any atom is 0.328 e. The summed E-state index contributed by atoms with van der Waals surface area (Å²) in [5.41, 5.74) is -1.34. The van der Waals surface area contributed by atoms with Crippen LogP contribution in [0.5, 0.6) is 0 Å². The molecule has 106 valence electrons. The van der Waals surface area contributed by atoms with Crippen LogP contribution in [-0.4, -0.2) is 49.3 Å². The van der Waals surface area contributed by atoms with Gasteiger partial charge in [-0.1, -0.05) is 20.8 Å². The second-order valence-corrected chi connectivity index (χ2v) is 11.3. The van der Waals surface area contributed by atoms with Gasteiger partial charge < -0.3 is 14.6 Å². The Morgan fingerprint density at radius 3 is 2.44 bits per heavy atom. The average Bonchev–Trinajstić information content (AvgIpc) is 2.59. The Labute approximate surface area is 110 Å². The molecule has 1 aliphatic rings. The van der Waals surface area contributed by atoms with Crippen molar-refractivity contribution >= 4 is 14.3 Å². The third-order valence-electron chi connectivity index (χ3n) is 4.27. The Hall–Kier alpha value is -0.433. The molecule has 0 saturated carbocycles. The summed E-state index contributed by atoms with van der Waals surface area (Å²) in [6.07, 6.45) is 0.167. The Morgan fingerprint density at radius 2 is 2.06 bits per heavy atom. The van der Waals surface area contributed by atoms with Gasteiger partial charge in [0.05, 0.1) is 12.7 Å². The topological polar surface area (TPSA) is 78.8 Å². The third-order valence-corrected chi connectivity index (χ3v) is 8.76. The number of hydrogen-bond donors (Lipinski definition) is 3. The summed E-state index contributed by atoms with van der Waals surface area (Å²) in [5, 5.41) is 21.7. The van der Waals surface area contributed by atoms with Gasteiger partial charge in [-0.2, -0.15) is 0 Å². The smallest absolute Gasteiger partial charge is 0.328 e. The van der Waals surface area contributed by atoms with Gasteiger partial charge in [-0.05, 0) is 31.1 Å². The molecule has 0 aromatic rings. The second kappa shape index (κ2) is 4.92. The molecule has 0 aromatic heterocycles. The lowest BCUT2D eigenvalue weighted by Crippen LogP contribution is -2.61. The molecular formula is C12H25NO4Si. The highest BCUT2D eigenvalue weighted by Crippen LogP contribution is 2.39. The normalized spacial score (nSPS) is 29.6. The van der Waals surface area contributed by atoms with E-state index in [-0.39, 0.29) is 5.04 Å². The van der Waals surface area contributed by atoms with E-state index < -0.39 is 32.5 Å². The lowest BCUT2D eigenvalue weighted by atomic mass is 9.96. The minimum absolute atomic E-state index is 0.0231. The van der Waals surface area contributed by atoms with Gasteiger partial charge in [0.15, 0.2) is 13.9 Å². The molecule has 2 atom stereocenters. The standard InChI is InChI=1S/C12H25NO4Si/c1-11(2,3)18(4,5)17-9-6-7-13-12(9,8-14)10(15)16/h9,13-14H,6-8H2,1-5H3,(H,15,16)/t9-,12-/m0/s1. The molecule has 1 saturated heterocycles. The summed E-state index contributed by atoms with van der Waals surface area (Å²) >= 11 is 0. The van der Waals surface area contributed by atoms with Crippen molar-refractivity contribution in [1.29, 1.82) is 0 Å². The van der Waals surface area contributed by atoms with Crippen LogP contribution in [0.3, 0.4) is 0 Å². The first-order valence-corrected chi connectivity index (χ1v) is 9.25. The number of hydrogen-bond acceptors (Lipinski definition) is 4. The lowest BCUT2D eigenvalue weighted by Gasteiger charge is -2.41. The molecule has 3 N–H and O–H groups in total. The van der Waals surface area contributed by atoms with Gasteiger partial charge in [0.2, 0.25) is 0 Å². The molecule has 0 amide bonds. The molecule has 1 rings (SSSR count). The van der Waals surface area contributed by atoms with Gasteiger partial charge in [-0.25, -0.2) is 0 Å². The molecule has 0 aliphatic carbocycles. The van der Waals surface area contributed by atoms with Gasteiger partial charge >= 0.3 is 5.97 Å². The number of rotatable bonds is 4. The third kappa shape index (κ3) is 2.61. The van der Waals surface area contributed by atoms with E-state index in [9.17, 15) is 15.0 Å². The number of aliphatic hydroxyl groups excluding tert-OH is 1. The van der Waals surface area contributed by atoms with E-state index in [1.54, 1.807) is 0 Å². The van der Waals surface area contributed by atoms with E-state index >= 15 is 0 Å². The minimum atomic E-state index is -2.04. The highest BCUT2D eigenvalue weighted by molar-refractivity contribution is 6.74. The Kier molecular flexibility index (Phi) is 4.27. The van der Waals surface area contributed by atoms with E-state index in [0.717, 1.165) is 0 Å². The van der Waals surface area contributed by atoms with Crippen molar-refractivity contribution in [2.45, 2.75) is 57.0 Å². The van der Waals surface area contributed by atoms with Crippen molar-refractivity contribution in [3.63, 3.8) is 0 Å². The highest BCUT2D eigenvalue weighted by atomic mass is 28.4. The number of carboxylic acids is 1. The predicted octanol–water partition coefficient (Wildman–Crippen LogP) is 1.19. The summed E-state index contributed by atoms with van der Waals surface area (Å²) in [6, 6.07) is 0. The molecule has 18 heavy (non-hydrogen) atoms. The summed E-state index contributed by atoms with van der Waals surface area (Å²) in [7, 11) is -2.04. The van der Waals surface area contributed by atoms with Gasteiger partial charge in [0.1, 0.15) is 0 Å². The first kappa shape index (κ1) is 15.6. The van der Waals surface area contributed by atoms with Crippen LogP contribution in [0.2, 0.25) is 18.1 Å². The van der Waals surface area contributed by atoms with Gasteiger partial charge in [0, 0.05) is 0 Å². The fourth-order valence-electron chi connectivity index (χ4n) is 1.92. The molecule has 1 heterocycles. The Bertz CT molecular complexity index is 327. The number of carboxylic acid groups (broad SMARTS) is 1. The largest absolute Gasteiger partial charge is 0.480 e. The molecular weight excluding hydrogens is 250 g/mol. The number of nitrogens with one attached hydrogen (secondary N) is 1. The number of aliphatic carboxylic acids is 1. The van der Waals surface area contributed by atoms with E-state index in [1.807, 2.05) is 0 Å². The summed E-state index contributed by atoms with van der Waals surface area (Å²) in [5.74, 6) is -1.04. The maximum atomic E-state index is 11.4. The Morgan fingerprint density at radius 1 is 1.50 bits per heavy atom. The van der Waals surface area contributed by atoms with Crippen molar-refractivity contribution in [3.05, 3.63) is 0 Å². The zero-order valence-electron chi connectivity index (χ0n) is 11.9. The molecule has 0 spiro atoms. The molecule has 0 aromatic carbocycles. The van der Waals surface area contributed by atoms with Crippen LogP contribution in [0.1, 0.15) is 27.2 Å². The minimum Gasteiger partial charge on any atom is -0.480 e. The van der Waals surface area contributed by atoms with Crippen LogP contribution >= 0.6 is 0 Å². The molecule has 5 nitrogen and oxygen atoms in total. The average molecular weight is 275 g/mol. The van der Waals surface area contributed by atoms with Crippen LogP contribution in [-0.2, 0) is 9.22 Å². The first-order chi connectivity index (χ1) is 8.07. The van der Waals surface area contributed by atoms with Crippen molar-refractivity contribution in [3.8, 4) is 0 Å². The van der Waals surface area contributed by atoms with Gasteiger partial charge in [-0.3, -0.25) is 10.1 Å². The lowest BCUT2D eigenvalue weighted by molar-refractivity contribution is -0.150. The highest BCUT2D eigenvalue weighted by Gasteiger charge is 2.53. The van der Waals surface area contributed by atoms with Crippen LogP contribution < -0.4 is 5.32 Å². The van der Waals surface area contributed by atoms with Crippen molar-refractivity contribution in [1.82, 2.24) is 5.32 Å². The molecule has 0 bridgehead atoms. The zero-order valence-corrected chi connectivity index (χ0v) is 12.9. The van der Waals surface area contributed by atoms with Crippen LogP contribution in [0.4, 0.5) is 0 Å². The summed E-state index contributed by atoms with van der Waals surface area (Å²) in [6.45, 7) is 10.6. The second-order valence-electron chi connectivity index (χ2n) is 6.52. The molecule has 1 fully saturated rings. The van der Waals surface area contributed by atoms with E-state index in [1.165, 1.54) is 0 Å². The fraction of sp³-hybridized carbons (Fsp3) is 0.917. The molecule has 0 radical (unpaired) electrons. The predicted molar refractivity (Wildman–Crippen MR) is 72.1 cm³/mol. The van der Waals surface area contributed by atoms with Gasteiger partial charge in [0.25, 0.3) is 0 Å². The molecule has 6 heteroatoms. The zero-order chi connectivity index (χ0) is 14.2. The number of carbonyl (C=O) groups is 1. The summed E-state index contributed by atoms with van der Waals surface area (Å²) < 4.78 is 6.17. The van der Waals surface area contributed by atoms with Crippen molar-refractivity contribution in [2.24, 2.45) is 0 Å². The maximum absolute atomic E-state index is 11.4. The van der Waals surface area contributed by atoms with Crippen molar-refractivity contribution < 1.29 is 19.4 Å². The van der Waals surface area contributed by atoms with E-state index in [0.29, 0.717) is 13.0 Å². The molecule has 1 aliphatic heterocycles. The van der Waals surface area contributed by atoms with Crippen LogP contribution in [0.15, 0.2) is 0 Å². The van der Waals surface area contributed by atoms with Crippen LogP contribution in [0, 0.1) is 0 Å². The first-order valence-electron chi connectivity index (χ1n) is 6.34. The number of aliphatic hydroxyl groups is 1. The fourth-order valence-corrected chi connectivity index (χ4v) is 3.30. The Balaban J connectivity index is 2.93. The van der Waals surface area contributed by atoms with Gasteiger partial charge in [-0.15, -0.1) is 0 Å². The van der Waals surface area contributed by atoms with E-state index in [2.05, 4.69) is 39.2 Å². The van der Waals surface area contributed by atoms with Crippen molar-refractivity contribution in [2.75, 3.05) is 13.2 Å². The summed E-state index contributed by atoms with van der Waals surface area (Å²) in [4.78, 5) is 11.4. The SMILES string of the molecule is CC(C)(C)[Si](C)(C)O[C@H]1CCN[C@]1(CO)C(=O)O. The molecule has 0 unspecified atom stereocenters. The monoisotopic (exact) mass is 275 g/mol.